The monoisotopic (exact) mass is 281 g/mol. The zero-order valence-corrected chi connectivity index (χ0v) is 11.7. The van der Waals surface area contributed by atoms with Crippen molar-refractivity contribution in [2.45, 2.75) is 13.5 Å². The van der Waals surface area contributed by atoms with E-state index in [2.05, 4.69) is 27.2 Å². The molecule has 0 spiro atoms. The minimum Gasteiger partial charge on any atom is -0.423 e. The highest BCUT2D eigenvalue weighted by atomic mass is 16.4. The first-order valence-electron chi connectivity index (χ1n) is 6.53. The molecule has 0 amide bonds. The molecule has 2 heterocycles. The van der Waals surface area contributed by atoms with E-state index in [1.807, 2.05) is 37.5 Å². The molecule has 0 aliphatic rings. The van der Waals surface area contributed by atoms with Crippen molar-refractivity contribution >= 4 is 11.9 Å². The highest BCUT2D eigenvalue weighted by Crippen LogP contribution is 2.24. The van der Waals surface area contributed by atoms with Crippen LogP contribution in [-0.4, -0.2) is 20.0 Å². The number of aromatic nitrogens is 4. The molecule has 1 aromatic carbocycles. The molecule has 0 saturated carbocycles. The van der Waals surface area contributed by atoms with Crippen molar-refractivity contribution in [1.82, 2.24) is 20.0 Å². The summed E-state index contributed by atoms with van der Waals surface area (Å²) in [7, 11) is 0. The van der Waals surface area contributed by atoms with Crippen LogP contribution in [0.2, 0.25) is 0 Å². The van der Waals surface area contributed by atoms with E-state index in [1.54, 1.807) is 10.9 Å². The number of anilines is 1. The van der Waals surface area contributed by atoms with Crippen LogP contribution < -0.4 is 5.32 Å². The molecule has 3 aromatic rings. The van der Waals surface area contributed by atoms with Gasteiger partial charge in [-0.3, -0.25) is 0 Å². The average Bonchev–Trinajstić information content (AvgIpc) is 3.18. The number of rotatable bonds is 5. The van der Waals surface area contributed by atoms with Gasteiger partial charge < -0.3 is 9.73 Å². The number of nitrogens with one attached hydrogen (secondary N) is 1. The SMILES string of the molecule is C=Cn1cc(CNc2cc(-c3nnco3)ccc2C)cn1. The van der Waals surface area contributed by atoms with Gasteiger partial charge in [0.25, 0.3) is 0 Å². The van der Waals surface area contributed by atoms with Gasteiger partial charge in [-0.15, -0.1) is 10.2 Å². The fraction of sp³-hybridized carbons (Fsp3) is 0.133. The number of aryl methyl sites for hydroxylation is 1. The largest absolute Gasteiger partial charge is 0.423 e. The molecule has 0 saturated heterocycles. The molecule has 2 aromatic heterocycles. The second-order valence-corrected chi connectivity index (χ2v) is 4.64. The van der Waals surface area contributed by atoms with Crippen LogP contribution >= 0.6 is 0 Å². The van der Waals surface area contributed by atoms with E-state index in [4.69, 9.17) is 4.42 Å². The van der Waals surface area contributed by atoms with Gasteiger partial charge in [0, 0.05) is 35.8 Å². The quantitative estimate of drug-likeness (QED) is 0.778. The highest BCUT2D eigenvalue weighted by molar-refractivity contribution is 5.64. The maximum atomic E-state index is 5.22. The Morgan fingerprint density at radius 1 is 1.43 bits per heavy atom. The van der Waals surface area contributed by atoms with Crippen LogP contribution in [0.4, 0.5) is 5.69 Å². The van der Waals surface area contributed by atoms with E-state index in [9.17, 15) is 0 Å². The Morgan fingerprint density at radius 2 is 2.33 bits per heavy atom. The lowest BCUT2D eigenvalue weighted by molar-refractivity contribution is 0.568. The van der Waals surface area contributed by atoms with Gasteiger partial charge in [0.15, 0.2) is 0 Å². The standard InChI is InChI=1S/C15H15N5O/c1-3-20-9-12(8-18-20)7-16-14-6-13(5-4-11(14)2)15-19-17-10-21-15/h3-6,8-10,16H,1,7H2,2H3. The third kappa shape index (κ3) is 2.84. The minimum atomic E-state index is 0.512. The lowest BCUT2D eigenvalue weighted by Crippen LogP contribution is -2.00. The summed E-state index contributed by atoms with van der Waals surface area (Å²) >= 11 is 0. The molecule has 21 heavy (non-hydrogen) atoms. The average molecular weight is 281 g/mol. The predicted octanol–water partition coefficient (Wildman–Crippen LogP) is 2.95. The number of nitrogens with zero attached hydrogens (tertiary/aromatic N) is 4. The fourth-order valence-electron chi connectivity index (χ4n) is 2.01. The molecule has 0 bridgehead atoms. The lowest BCUT2D eigenvalue weighted by atomic mass is 10.1. The maximum absolute atomic E-state index is 5.22. The van der Waals surface area contributed by atoms with Crippen LogP contribution in [0.1, 0.15) is 11.1 Å². The van der Waals surface area contributed by atoms with E-state index in [1.165, 1.54) is 6.39 Å². The van der Waals surface area contributed by atoms with Gasteiger partial charge in [-0.05, 0) is 24.6 Å². The van der Waals surface area contributed by atoms with Crippen LogP contribution in [0.3, 0.4) is 0 Å². The first-order valence-corrected chi connectivity index (χ1v) is 6.53. The molecular formula is C15H15N5O. The van der Waals surface area contributed by atoms with Gasteiger partial charge >= 0.3 is 0 Å². The molecule has 0 radical (unpaired) electrons. The van der Waals surface area contributed by atoms with E-state index in [0.717, 1.165) is 22.4 Å². The summed E-state index contributed by atoms with van der Waals surface area (Å²) in [6, 6.07) is 5.99. The Bertz CT molecular complexity index is 745. The fourth-order valence-corrected chi connectivity index (χ4v) is 2.01. The minimum absolute atomic E-state index is 0.512. The first kappa shape index (κ1) is 13.1. The summed E-state index contributed by atoms with van der Waals surface area (Å²) in [6.45, 7) is 6.40. The summed E-state index contributed by atoms with van der Waals surface area (Å²) in [6.07, 6.45) is 6.72. The topological polar surface area (TPSA) is 68.8 Å². The van der Waals surface area contributed by atoms with Gasteiger partial charge in [0.2, 0.25) is 12.3 Å². The Morgan fingerprint density at radius 3 is 3.05 bits per heavy atom. The third-order valence-electron chi connectivity index (χ3n) is 3.17. The van der Waals surface area contributed by atoms with E-state index in [0.29, 0.717) is 12.4 Å². The molecule has 1 N–H and O–H groups in total. The van der Waals surface area contributed by atoms with Gasteiger partial charge in [0.05, 0.1) is 6.20 Å². The van der Waals surface area contributed by atoms with Crippen LogP contribution in [0.5, 0.6) is 0 Å². The van der Waals surface area contributed by atoms with Crippen LogP contribution in [-0.2, 0) is 6.54 Å². The molecular weight excluding hydrogens is 266 g/mol. The Balaban J connectivity index is 1.78. The Labute approximate surface area is 122 Å². The molecule has 3 rings (SSSR count). The number of hydrogen-bond acceptors (Lipinski definition) is 5. The van der Waals surface area contributed by atoms with E-state index in [-0.39, 0.29) is 0 Å². The summed E-state index contributed by atoms with van der Waals surface area (Å²) in [5, 5.41) is 15.2. The molecule has 0 fully saturated rings. The van der Waals surface area contributed by atoms with Crippen molar-refractivity contribution < 1.29 is 4.42 Å². The third-order valence-corrected chi connectivity index (χ3v) is 3.17. The Hall–Kier alpha value is -2.89. The highest BCUT2D eigenvalue weighted by Gasteiger charge is 2.07. The van der Waals surface area contributed by atoms with Crippen molar-refractivity contribution in [2.75, 3.05) is 5.32 Å². The normalized spacial score (nSPS) is 10.5. The number of hydrogen-bond donors (Lipinski definition) is 1. The van der Waals surface area contributed by atoms with Crippen molar-refractivity contribution in [2.24, 2.45) is 0 Å². The van der Waals surface area contributed by atoms with Crippen molar-refractivity contribution in [3.05, 3.63) is 54.7 Å². The second-order valence-electron chi connectivity index (χ2n) is 4.64. The smallest absolute Gasteiger partial charge is 0.247 e. The lowest BCUT2D eigenvalue weighted by Gasteiger charge is -2.09. The summed E-state index contributed by atoms with van der Waals surface area (Å²) in [4.78, 5) is 0. The zero-order valence-electron chi connectivity index (χ0n) is 11.7. The van der Waals surface area contributed by atoms with Crippen LogP contribution in [0.25, 0.3) is 17.7 Å². The molecule has 0 aliphatic carbocycles. The van der Waals surface area contributed by atoms with E-state index < -0.39 is 0 Å². The van der Waals surface area contributed by atoms with Gasteiger partial charge in [0.1, 0.15) is 0 Å². The number of benzene rings is 1. The molecule has 6 heteroatoms. The molecule has 106 valence electrons. The summed E-state index contributed by atoms with van der Waals surface area (Å²) in [5.74, 6) is 0.512. The molecule has 6 nitrogen and oxygen atoms in total. The summed E-state index contributed by atoms with van der Waals surface area (Å²) < 4.78 is 6.90. The van der Waals surface area contributed by atoms with Crippen molar-refractivity contribution in [3.63, 3.8) is 0 Å². The van der Waals surface area contributed by atoms with Crippen molar-refractivity contribution in [1.29, 1.82) is 0 Å². The van der Waals surface area contributed by atoms with E-state index >= 15 is 0 Å². The van der Waals surface area contributed by atoms with Crippen molar-refractivity contribution in [3.8, 4) is 11.5 Å². The molecule has 0 aliphatic heterocycles. The van der Waals surface area contributed by atoms with Gasteiger partial charge in [-0.2, -0.15) is 5.10 Å². The first-order chi connectivity index (χ1) is 10.3. The summed E-state index contributed by atoms with van der Waals surface area (Å²) in [5.41, 5.74) is 4.14. The zero-order chi connectivity index (χ0) is 14.7. The predicted molar refractivity (Wildman–Crippen MR) is 80.4 cm³/mol. The second kappa shape index (κ2) is 5.62. The maximum Gasteiger partial charge on any atom is 0.247 e. The van der Waals surface area contributed by atoms with Crippen LogP contribution in [0, 0.1) is 6.92 Å². The van der Waals surface area contributed by atoms with Crippen LogP contribution in [0.15, 0.2) is 48.0 Å². The Kier molecular flexibility index (Phi) is 3.51. The van der Waals surface area contributed by atoms with Gasteiger partial charge in [-0.25, -0.2) is 4.68 Å². The molecule has 0 unspecified atom stereocenters. The van der Waals surface area contributed by atoms with Gasteiger partial charge in [-0.1, -0.05) is 12.6 Å². The molecule has 0 atom stereocenters.